The summed E-state index contributed by atoms with van der Waals surface area (Å²) in [7, 11) is 0. The third-order valence-electron chi connectivity index (χ3n) is 2.76. The minimum absolute atomic E-state index is 0.122. The van der Waals surface area contributed by atoms with Crippen LogP contribution < -0.4 is 16.0 Å². The Kier molecular flexibility index (Phi) is 6.18. The summed E-state index contributed by atoms with van der Waals surface area (Å²) in [5.74, 6) is -0.122. The van der Waals surface area contributed by atoms with Crippen molar-refractivity contribution in [3.8, 4) is 0 Å². The molecule has 0 heterocycles. The first kappa shape index (κ1) is 16.2. The van der Waals surface area contributed by atoms with Gasteiger partial charge in [-0.2, -0.15) is 0 Å². The molecule has 0 bridgehead atoms. The van der Waals surface area contributed by atoms with E-state index in [1.165, 1.54) is 5.56 Å². The van der Waals surface area contributed by atoms with E-state index in [0.717, 1.165) is 16.8 Å². The van der Waals surface area contributed by atoms with Crippen LogP contribution in [0.1, 0.15) is 16.7 Å². The Labute approximate surface area is 125 Å². The quantitative estimate of drug-likeness (QED) is 0.575. The number of aryl methyl sites for hydroxylation is 3. The van der Waals surface area contributed by atoms with Crippen molar-refractivity contribution in [2.75, 3.05) is 18.4 Å². The average molecular weight is 291 g/mol. The van der Waals surface area contributed by atoms with Crippen molar-refractivity contribution in [1.82, 2.24) is 10.6 Å². The zero-order chi connectivity index (χ0) is 15.1. The number of rotatable bonds is 5. The lowest BCUT2D eigenvalue weighted by Gasteiger charge is -2.14. The van der Waals surface area contributed by atoms with Gasteiger partial charge in [0.05, 0.1) is 6.54 Å². The van der Waals surface area contributed by atoms with Gasteiger partial charge in [-0.05, 0) is 44.1 Å². The van der Waals surface area contributed by atoms with E-state index in [0.29, 0.717) is 11.7 Å². The Hall–Kier alpha value is -1.88. The molecular weight excluding hydrogens is 270 g/mol. The molecule has 0 saturated carbocycles. The summed E-state index contributed by atoms with van der Waals surface area (Å²) in [5.41, 5.74) is 4.17. The summed E-state index contributed by atoms with van der Waals surface area (Å²) >= 11 is 5.02. The Morgan fingerprint density at radius 1 is 1.25 bits per heavy atom. The van der Waals surface area contributed by atoms with Crippen molar-refractivity contribution in [1.29, 1.82) is 0 Å². The smallest absolute Gasteiger partial charge is 0.243 e. The Balaban J connectivity index is 2.55. The molecule has 20 heavy (non-hydrogen) atoms. The van der Waals surface area contributed by atoms with Crippen LogP contribution in [0.25, 0.3) is 0 Å². The van der Waals surface area contributed by atoms with Crippen molar-refractivity contribution in [3.05, 3.63) is 41.5 Å². The van der Waals surface area contributed by atoms with Gasteiger partial charge in [0.2, 0.25) is 5.91 Å². The third-order valence-corrected chi connectivity index (χ3v) is 3.05. The van der Waals surface area contributed by atoms with Crippen molar-refractivity contribution >= 4 is 28.9 Å². The number of anilines is 1. The molecule has 1 amide bonds. The number of amides is 1. The van der Waals surface area contributed by atoms with Gasteiger partial charge < -0.3 is 16.0 Å². The van der Waals surface area contributed by atoms with Crippen molar-refractivity contribution < 1.29 is 4.79 Å². The van der Waals surface area contributed by atoms with Crippen LogP contribution in [0.15, 0.2) is 24.8 Å². The van der Waals surface area contributed by atoms with Crippen molar-refractivity contribution in [2.24, 2.45) is 0 Å². The molecule has 0 atom stereocenters. The number of hydrogen-bond donors (Lipinski definition) is 3. The van der Waals surface area contributed by atoms with Crippen LogP contribution in [0.4, 0.5) is 5.69 Å². The maximum Gasteiger partial charge on any atom is 0.243 e. The maximum atomic E-state index is 11.9. The van der Waals surface area contributed by atoms with Crippen LogP contribution in [0.5, 0.6) is 0 Å². The maximum absolute atomic E-state index is 11.9. The minimum Gasteiger partial charge on any atom is -0.359 e. The van der Waals surface area contributed by atoms with Crippen LogP contribution in [-0.2, 0) is 4.79 Å². The van der Waals surface area contributed by atoms with E-state index in [9.17, 15) is 4.79 Å². The molecule has 0 saturated heterocycles. The molecule has 1 aromatic carbocycles. The first-order valence-corrected chi connectivity index (χ1v) is 6.85. The normalized spacial score (nSPS) is 9.75. The van der Waals surface area contributed by atoms with Crippen LogP contribution in [0, 0.1) is 20.8 Å². The van der Waals surface area contributed by atoms with E-state index in [1.807, 2.05) is 32.9 Å². The lowest BCUT2D eigenvalue weighted by molar-refractivity contribution is -0.115. The zero-order valence-corrected chi connectivity index (χ0v) is 13.0. The SMILES string of the molecule is C=CCNC(=S)NCC(=O)Nc1c(C)cc(C)cc1C. The predicted octanol–water partition coefficient (Wildman–Crippen LogP) is 2.20. The average Bonchev–Trinajstić information content (AvgIpc) is 2.38. The van der Waals surface area contributed by atoms with Crippen LogP contribution >= 0.6 is 12.2 Å². The molecule has 108 valence electrons. The first-order chi connectivity index (χ1) is 9.43. The molecule has 4 nitrogen and oxygen atoms in total. The van der Waals surface area contributed by atoms with Gasteiger partial charge in [0, 0.05) is 12.2 Å². The highest BCUT2D eigenvalue weighted by molar-refractivity contribution is 7.80. The Bertz CT molecular complexity index is 503. The van der Waals surface area contributed by atoms with Gasteiger partial charge in [-0.1, -0.05) is 23.8 Å². The molecule has 0 radical (unpaired) electrons. The number of nitrogens with one attached hydrogen (secondary N) is 3. The molecule has 3 N–H and O–H groups in total. The second kappa shape index (κ2) is 7.65. The van der Waals surface area contributed by atoms with E-state index in [4.69, 9.17) is 12.2 Å². The van der Waals surface area contributed by atoms with E-state index in [2.05, 4.69) is 22.5 Å². The van der Waals surface area contributed by atoms with Crippen molar-refractivity contribution in [2.45, 2.75) is 20.8 Å². The molecular formula is C15H21N3OS. The molecule has 0 fully saturated rings. The van der Waals surface area contributed by atoms with Gasteiger partial charge in [-0.15, -0.1) is 6.58 Å². The lowest BCUT2D eigenvalue weighted by Crippen LogP contribution is -2.39. The highest BCUT2D eigenvalue weighted by Crippen LogP contribution is 2.21. The summed E-state index contributed by atoms with van der Waals surface area (Å²) in [6, 6.07) is 4.10. The molecule has 0 unspecified atom stereocenters. The number of carbonyl (C=O) groups is 1. The Morgan fingerprint density at radius 2 is 1.85 bits per heavy atom. The molecule has 0 aliphatic rings. The van der Waals surface area contributed by atoms with E-state index in [-0.39, 0.29) is 12.5 Å². The molecule has 0 spiro atoms. The summed E-state index contributed by atoms with van der Waals surface area (Å²) < 4.78 is 0. The molecule has 1 aromatic rings. The summed E-state index contributed by atoms with van der Waals surface area (Å²) in [5, 5.41) is 9.10. The minimum atomic E-state index is -0.122. The van der Waals surface area contributed by atoms with Gasteiger partial charge in [-0.3, -0.25) is 4.79 Å². The monoisotopic (exact) mass is 291 g/mol. The van der Waals surface area contributed by atoms with Gasteiger partial charge >= 0.3 is 0 Å². The molecule has 0 aliphatic carbocycles. The van der Waals surface area contributed by atoms with Crippen molar-refractivity contribution in [3.63, 3.8) is 0 Å². The second-order valence-electron chi connectivity index (χ2n) is 4.67. The summed E-state index contributed by atoms with van der Waals surface area (Å²) in [4.78, 5) is 11.9. The second-order valence-corrected chi connectivity index (χ2v) is 5.08. The Morgan fingerprint density at radius 3 is 2.40 bits per heavy atom. The fourth-order valence-corrected chi connectivity index (χ4v) is 2.10. The van der Waals surface area contributed by atoms with Gasteiger partial charge in [0.1, 0.15) is 0 Å². The summed E-state index contributed by atoms with van der Waals surface area (Å²) in [6.07, 6.45) is 1.70. The van der Waals surface area contributed by atoms with Gasteiger partial charge in [0.25, 0.3) is 0 Å². The topological polar surface area (TPSA) is 53.2 Å². The third kappa shape index (κ3) is 5.01. The first-order valence-electron chi connectivity index (χ1n) is 6.44. The van der Waals surface area contributed by atoms with Crippen LogP contribution in [-0.4, -0.2) is 24.1 Å². The molecule has 5 heteroatoms. The van der Waals surface area contributed by atoms with E-state index < -0.39 is 0 Å². The van der Waals surface area contributed by atoms with Crippen LogP contribution in [0.2, 0.25) is 0 Å². The highest BCUT2D eigenvalue weighted by atomic mass is 32.1. The van der Waals surface area contributed by atoms with E-state index >= 15 is 0 Å². The zero-order valence-electron chi connectivity index (χ0n) is 12.2. The number of benzene rings is 1. The fraction of sp³-hybridized carbons (Fsp3) is 0.333. The number of thiocarbonyl (C=S) groups is 1. The number of hydrogen-bond acceptors (Lipinski definition) is 2. The molecule has 0 aliphatic heterocycles. The standard InChI is InChI=1S/C15H21N3OS/c1-5-6-16-15(20)17-9-13(19)18-14-11(3)7-10(2)8-12(14)4/h5,7-8H,1,6,9H2,2-4H3,(H,18,19)(H2,16,17,20). The number of carbonyl (C=O) groups excluding carboxylic acids is 1. The van der Waals surface area contributed by atoms with E-state index in [1.54, 1.807) is 6.08 Å². The molecule has 1 rings (SSSR count). The highest BCUT2D eigenvalue weighted by Gasteiger charge is 2.08. The fourth-order valence-electron chi connectivity index (χ4n) is 1.95. The van der Waals surface area contributed by atoms with Crippen LogP contribution in [0.3, 0.4) is 0 Å². The van der Waals surface area contributed by atoms with Gasteiger partial charge in [0.15, 0.2) is 5.11 Å². The predicted molar refractivity (Wildman–Crippen MR) is 88.1 cm³/mol. The summed E-state index contributed by atoms with van der Waals surface area (Å²) in [6.45, 7) is 10.3. The lowest BCUT2D eigenvalue weighted by atomic mass is 10.1. The largest absolute Gasteiger partial charge is 0.359 e. The van der Waals surface area contributed by atoms with Gasteiger partial charge in [-0.25, -0.2) is 0 Å². The molecule has 0 aromatic heterocycles.